The molecule has 2 aromatic rings. The summed E-state index contributed by atoms with van der Waals surface area (Å²) < 4.78 is 13.2. The molecule has 28 heavy (non-hydrogen) atoms. The van der Waals surface area contributed by atoms with Gasteiger partial charge in [-0.3, -0.25) is 9.79 Å². The molecule has 0 N–H and O–H groups in total. The van der Waals surface area contributed by atoms with E-state index in [1.807, 2.05) is 13.1 Å². The van der Waals surface area contributed by atoms with Crippen LogP contribution in [-0.2, 0) is 6.42 Å². The van der Waals surface area contributed by atoms with Gasteiger partial charge in [0.25, 0.3) is 0 Å². The molecule has 3 heteroatoms. The van der Waals surface area contributed by atoms with Gasteiger partial charge in [0.15, 0.2) is 5.78 Å². The Morgan fingerprint density at radius 2 is 1.86 bits per heavy atom. The summed E-state index contributed by atoms with van der Waals surface area (Å²) >= 11 is 0. The number of aliphatic imine (C=N–C) groups is 1. The largest absolute Gasteiger partial charge is 0.297 e. The first kappa shape index (κ1) is 21.7. The molecule has 0 saturated heterocycles. The molecule has 0 amide bonds. The predicted molar refractivity (Wildman–Crippen MR) is 116 cm³/mol. The van der Waals surface area contributed by atoms with Gasteiger partial charge in [0.05, 0.1) is 0 Å². The number of unbranched alkanes of at least 4 members (excludes halogenated alkanes) is 1. The van der Waals surface area contributed by atoms with Gasteiger partial charge in [0.1, 0.15) is 5.82 Å². The van der Waals surface area contributed by atoms with E-state index in [4.69, 9.17) is 0 Å². The van der Waals surface area contributed by atoms with Gasteiger partial charge in [-0.2, -0.15) is 0 Å². The lowest BCUT2D eigenvalue weighted by Gasteiger charge is -2.07. The van der Waals surface area contributed by atoms with Gasteiger partial charge in [-0.05, 0) is 87.3 Å². The average molecular weight is 380 g/mol. The van der Waals surface area contributed by atoms with Crippen LogP contribution in [0, 0.1) is 19.7 Å². The Morgan fingerprint density at radius 3 is 2.57 bits per heavy atom. The van der Waals surface area contributed by atoms with Crippen molar-refractivity contribution in [3.63, 3.8) is 0 Å². The Balaban J connectivity index is 1.69. The van der Waals surface area contributed by atoms with Gasteiger partial charge in [-0.1, -0.05) is 36.4 Å². The summed E-state index contributed by atoms with van der Waals surface area (Å²) in [5.41, 5.74) is 5.66. The number of allylic oxidation sites excluding steroid dienone is 2. The van der Waals surface area contributed by atoms with E-state index in [2.05, 4.69) is 37.0 Å². The normalized spacial score (nSPS) is 11.9. The van der Waals surface area contributed by atoms with E-state index in [0.29, 0.717) is 5.56 Å². The molecule has 0 bridgehead atoms. The summed E-state index contributed by atoms with van der Waals surface area (Å²) in [5.74, 6) is -0.552. The third kappa shape index (κ3) is 7.22. The lowest BCUT2D eigenvalue weighted by molar-refractivity contribution is 0.104. The molecule has 0 atom stereocenters. The minimum absolute atomic E-state index is 0.164. The zero-order chi connectivity index (χ0) is 20.4. The molecule has 0 aliphatic carbocycles. The lowest BCUT2D eigenvalue weighted by Crippen LogP contribution is -1.99. The maximum absolute atomic E-state index is 13.2. The third-order valence-corrected chi connectivity index (χ3v) is 5.05. The summed E-state index contributed by atoms with van der Waals surface area (Å²) in [6.07, 6.45) is 9.36. The Hall–Kier alpha value is -2.55. The minimum Gasteiger partial charge on any atom is -0.297 e. The molecule has 0 spiro atoms. The molecular formula is C25H30FNO. The van der Waals surface area contributed by atoms with E-state index in [1.165, 1.54) is 40.6 Å². The number of hydrogen-bond acceptors (Lipinski definition) is 2. The molecule has 2 aromatic carbocycles. The van der Waals surface area contributed by atoms with E-state index in [0.717, 1.165) is 38.5 Å². The quantitative estimate of drug-likeness (QED) is 0.202. The van der Waals surface area contributed by atoms with Crippen LogP contribution >= 0.6 is 0 Å². The van der Waals surface area contributed by atoms with Crippen molar-refractivity contribution in [2.45, 2.75) is 52.4 Å². The smallest absolute Gasteiger partial charge is 0.185 e. The van der Waals surface area contributed by atoms with Gasteiger partial charge >= 0.3 is 0 Å². The molecule has 0 saturated carbocycles. The van der Waals surface area contributed by atoms with Crippen molar-refractivity contribution in [3.05, 3.63) is 82.7 Å². The van der Waals surface area contributed by atoms with Crippen molar-refractivity contribution in [3.8, 4) is 0 Å². The lowest BCUT2D eigenvalue weighted by atomic mass is 10.0. The monoisotopic (exact) mass is 379 g/mol. The highest BCUT2D eigenvalue weighted by Crippen LogP contribution is 2.14. The van der Waals surface area contributed by atoms with E-state index >= 15 is 0 Å². The average Bonchev–Trinajstić information content (AvgIpc) is 2.69. The molecular weight excluding hydrogens is 349 g/mol. The standard InChI is InChI=1S/C25H30FNO/c1-19-15-16-21(17-20(19)2)9-4-5-12-24(27-3)13-6-7-14-25(28)22-10-8-11-23(26)18-22/h7-8,10-11,14-18H,4-6,9,12-13H2,1-3H3/b14-7+,27-24?. The molecule has 0 fully saturated rings. The second-order valence-electron chi connectivity index (χ2n) is 7.23. The van der Waals surface area contributed by atoms with E-state index in [-0.39, 0.29) is 11.6 Å². The molecule has 2 rings (SSSR count). The number of halogens is 1. The van der Waals surface area contributed by atoms with Gasteiger partial charge in [-0.25, -0.2) is 4.39 Å². The highest BCUT2D eigenvalue weighted by molar-refractivity contribution is 6.04. The van der Waals surface area contributed by atoms with Crippen LogP contribution in [0.15, 0.2) is 59.6 Å². The highest BCUT2D eigenvalue weighted by atomic mass is 19.1. The fourth-order valence-corrected chi connectivity index (χ4v) is 3.14. The van der Waals surface area contributed by atoms with Crippen molar-refractivity contribution >= 4 is 11.5 Å². The fraction of sp³-hybridized carbons (Fsp3) is 0.360. The number of aryl methyl sites for hydroxylation is 3. The Kier molecular flexibility index (Phi) is 8.80. The molecule has 0 aromatic heterocycles. The van der Waals surface area contributed by atoms with Crippen LogP contribution < -0.4 is 0 Å². The Morgan fingerprint density at radius 1 is 1.04 bits per heavy atom. The zero-order valence-corrected chi connectivity index (χ0v) is 17.2. The molecule has 2 nitrogen and oxygen atoms in total. The first-order valence-corrected chi connectivity index (χ1v) is 9.96. The summed E-state index contributed by atoms with van der Waals surface area (Å²) in [6, 6.07) is 12.5. The van der Waals surface area contributed by atoms with Crippen molar-refractivity contribution < 1.29 is 9.18 Å². The van der Waals surface area contributed by atoms with Crippen LogP contribution in [0.3, 0.4) is 0 Å². The Labute approximate surface area is 168 Å². The summed E-state index contributed by atoms with van der Waals surface area (Å²) in [4.78, 5) is 16.4. The topological polar surface area (TPSA) is 29.4 Å². The third-order valence-electron chi connectivity index (χ3n) is 5.05. The number of carbonyl (C=O) groups excluding carboxylic acids is 1. The molecule has 0 aliphatic rings. The molecule has 0 aliphatic heterocycles. The van der Waals surface area contributed by atoms with Gasteiger partial charge in [-0.15, -0.1) is 0 Å². The first-order valence-electron chi connectivity index (χ1n) is 9.96. The minimum atomic E-state index is -0.388. The zero-order valence-electron chi connectivity index (χ0n) is 17.2. The first-order chi connectivity index (χ1) is 13.5. The van der Waals surface area contributed by atoms with Crippen LogP contribution in [0.25, 0.3) is 0 Å². The number of rotatable bonds is 10. The van der Waals surface area contributed by atoms with E-state index < -0.39 is 0 Å². The van der Waals surface area contributed by atoms with Gasteiger partial charge in [0.2, 0.25) is 0 Å². The van der Waals surface area contributed by atoms with Crippen LogP contribution in [-0.4, -0.2) is 18.5 Å². The van der Waals surface area contributed by atoms with Crippen molar-refractivity contribution in [1.82, 2.24) is 0 Å². The van der Waals surface area contributed by atoms with E-state index in [9.17, 15) is 9.18 Å². The molecule has 0 unspecified atom stereocenters. The van der Waals surface area contributed by atoms with Crippen LogP contribution in [0.1, 0.15) is 59.2 Å². The van der Waals surface area contributed by atoms with Crippen molar-refractivity contribution in [2.75, 3.05) is 7.05 Å². The fourth-order valence-electron chi connectivity index (χ4n) is 3.14. The van der Waals surface area contributed by atoms with Gasteiger partial charge < -0.3 is 0 Å². The van der Waals surface area contributed by atoms with Crippen LogP contribution in [0.2, 0.25) is 0 Å². The molecule has 0 radical (unpaired) electrons. The van der Waals surface area contributed by atoms with Crippen LogP contribution in [0.4, 0.5) is 4.39 Å². The van der Waals surface area contributed by atoms with Crippen molar-refractivity contribution in [1.29, 1.82) is 0 Å². The number of hydrogen-bond donors (Lipinski definition) is 0. The molecule has 0 heterocycles. The highest BCUT2D eigenvalue weighted by Gasteiger charge is 2.03. The Bertz CT molecular complexity index is 851. The number of nitrogens with zero attached hydrogens (tertiary/aromatic N) is 1. The van der Waals surface area contributed by atoms with Crippen molar-refractivity contribution in [2.24, 2.45) is 4.99 Å². The van der Waals surface area contributed by atoms with Crippen LogP contribution in [0.5, 0.6) is 0 Å². The second-order valence-corrected chi connectivity index (χ2v) is 7.23. The van der Waals surface area contributed by atoms with E-state index in [1.54, 1.807) is 12.1 Å². The predicted octanol–water partition coefficient (Wildman–Crippen LogP) is 6.45. The summed E-state index contributed by atoms with van der Waals surface area (Å²) in [7, 11) is 1.83. The maximum Gasteiger partial charge on any atom is 0.185 e. The number of benzene rings is 2. The second kappa shape index (κ2) is 11.3. The number of carbonyl (C=O) groups is 1. The summed E-state index contributed by atoms with van der Waals surface area (Å²) in [5, 5.41) is 0. The number of ketones is 1. The SMILES string of the molecule is CN=C(CC/C=C/C(=O)c1cccc(F)c1)CCCCc1ccc(C)c(C)c1. The summed E-state index contributed by atoms with van der Waals surface area (Å²) in [6.45, 7) is 4.30. The maximum atomic E-state index is 13.2. The van der Waals surface area contributed by atoms with Gasteiger partial charge in [0, 0.05) is 18.3 Å². The molecule has 148 valence electrons.